The second-order valence-electron chi connectivity index (χ2n) is 2.47. The van der Waals surface area contributed by atoms with Crippen LogP contribution in [-0.2, 0) is 24.1 Å². The maximum atomic E-state index is 10.9. The Bertz CT molecular complexity index is 330. The number of halogens is 1. The predicted octanol–water partition coefficient (Wildman–Crippen LogP) is -0.0362. The fourth-order valence-electron chi connectivity index (χ4n) is 0.537. The number of rotatable bonds is 6. The van der Waals surface area contributed by atoms with Gasteiger partial charge in [-0.2, -0.15) is 8.42 Å². The van der Waals surface area contributed by atoms with Crippen LogP contribution < -0.4 is 0 Å². The van der Waals surface area contributed by atoms with E-state index in [4.69, 9.17) is 11.6 Å². The number of hydrogen-bond donors (Lipinski definition) is 0. The Kier molecular flexibility index (Phi) is 5.19. The van der Waals surface area contributed by atoms with E-state index >= 15 is 0 Å². The molecule has 0 bridgehead atoms. The average Bonchev–Trinajstić information content (AvgIpc) is 1.81. The first kappa shape index (κ1) is 13.2. The average molecular weight is 251 g/mol. The fourth-order valence-corrected chi connectivity index (χ4v) is 3.39. The molecule has 0 spiro atoms. The summed E-state index contributed by atoms with van der Waals surface area (Å²) in [6, 6.07) is 0. The van der Waals surface area contributed by atoms with Gasteiger partial charge in [-0.25, -0.2) is 8.42 Å². The van der Waals surface area contributed by atoms with Crippen LogP contribution in [0.4, 0.5) is 0 Å². The molecule has 5 nitrogen and oxygen atoms in total. The fraction of sp³-hybridized carbons (Fsp3) is 1.00. The third-order valence-corrected chi connectivity index (χ3v) is 4.56. The lowest BCUT2D eigenvalue weighted by Gasteiger charge is -2.02. The van der Waals surface area contributed by atoms with Crippen LogP contribution in [0.25, 0.3) is 0 Å². The zero-order valence-corrected chi connectivity index (χ0v) is 9.45. The first-order valence-corrected chi connectivity index (χ1v) is 7.55. The molecule has 0 atom stereocenters. The smallest absolute Gasteiger partial charge is 0.269 e. The van der Waals surface area contributed by atoms with Crippen LogP contribution in [0.1, 0.15) is 6.42 Å². The van der Waals surface area contributed by atoms with Gasteiger partial charge in [0.1, 0.15) is 0 Å². The quantitative estimate of drug-likeness (QED) is 0.376. The van der Waals surface area contributed by atoms with Crippen molar-refractivity contribution in [2.24, 2.45) is 0 Å². The molecule has 8 heteroatoms. The van der Waals surface area contributed by atoms with E-state index < -0.39 is 25.0 Å². The molecule has 0 fully saturated rings. The molecule has 80 valence electrons. The summed E-state index contributed by atoms with van der Waals surface area (Å²) in [5, 5.41) is -0.984. The van der Waals surface area contributed by atoms with Gasteiger partial charge in [0.2, 0.25) is 0 Å². The maximum absolute atomic E-state index is 10.9. The van der Waals surface area contributed by atoms with E-state index in [1.807, 2.05) is 0 Å². The van der Waals surface area contributed by atoms with Gasteiger partial charge in [-0.05, 0) is 6.42 Å². The highest BCUT2D eigenvalue weighted by Crippen LogP contribution is 1.99. The molecule has 13 heavy (non-hydrogen) atoms. The van der Waals surface area contributed by atoms with Crippen molar-refractivity contribution in [3.63, 3.8) is 0 Å². The van der Waals surface area contributed by atoms with E-state index in [9.17, 15) is 16.8 Å². The van der Waals surface area contributed by atoms with Gasteiger partial charge in [-0.3, -0.25) is 4.18 Å². The molecule has 0 aliphatic carbocycles. The van der Waals surface area contributed by atoms with E-state index in [0.29, 0.717) is 6.42 Å². The zero-order valence-electron chi connectivity index (χ0n) is 7.06. The van der Waals surface area contributed by atoms with Crippen LogP contribution >= 0.6 is 11.6 Å². The maximum Gasteiger partial charge on any atom is 0.281 e. The van der Waals surface area contributed by atoms with E-state index in [1.165, 1.54) is 0 Å². The second kappa shape index (κ2) is 5.14. The van der Waals surface area contributed by atoms with Gasteiger partial charge in [0, 0.05) is 12.1 Å². The van der Waals surface area contributed by atoms with Crippen molar-refractivity contribution in [2.75, 3.05) is 23.8 Å². The minimum Gasteiger partial charge on any atom is -0.269 e. The lowest BCUT2D eigenvalue weighted by atomic mass is 10.5. The Hall–Kier alpha value is 0.150. The highest BCUT2D eigenvalue weighted by atomic mass is 35.5. The number of sulfone groups is 1. The lowest BCUT2D eigenvalue weighted by molar-refractivity contribution is 0.321. The molecule has 0 saturated heterocycles. The molecule has 0 aliphatic heterocycles. The number of hydrogen-bond acceptors (Lipinski definition) is 5. The summed E-state index contributed by atoms with van der Waals surface area (Å²) in [4.78, 5) is 0. The SMILES string of the molecule is CS(=O)(=O)CS(=O)(=O)OCCCCl. The van der Waals surface area contributed by atoms with E-state index in [1.54, 1.807) is 0 Å². The molecule has 0 saturated carbocycles. The molecule has 0 N–H and O–H groups in total. The van der Waals surface area contributed by atoms with E-state index in [0.717, 1.165) is 6.26 Å². The van der Waals surface area contributed by atoms with Gasteiger partial charge in [-0.15, -0.1) is 11.6 Å². The first-order valence-electron chi connectivity index (χ1n) is 3.37. The molecule has 0 amide bonds. The van der Waals surface area contributed by atoms with Crippen LogP contribution in [0.15, 0.2) is 0 Å². The molecule has 0 radical (unpaired) electrons. The Morgan fingerprint density at radius 1 is 1.23 bits per heavy atom. The van der Waals surface area contributed by atoms with Crippen molar-refractivity contribution in [2.45, 2.75) is 6.42 Å². The molecular formula is C5H11ClO5S2. The molecule has 0 rings (SSSR count). The highest BCUT2D eigenvalue weighted by Gasteiger charge is 2.18. The van der Waals surface area contributed by atoms with Gasteiger partial charge in [-0.1, -0.05) is 0 Å². The summed E-state index contributed by atoms with van der Waals surface area (Å²) in [5.74, 6) is 0.272. The molecule has 0 aromatic rings. The van der Waals surface area contributed by atoms with Crippen molar-refractivity contribution in [1.82, 2.24) is 0 Å². The molecular weight excluding hydrogens is 240 g/mol. The summed E-state index contributed by atoms with van der Waals surface area (Å²) in [5.41, 5.74) is 0. The van der Waals surface area contributed by atoms with Crippen LogP contribution in [-0.4, -0.2) is 40.7 Å². The van der Waals surface area contributed by atoms with Crippen LogP contribution in [0.3, 0.4) is 0 Å². The van der Waals surface area contributed by atoms with Gasteiger partial charge >= 0.3 is 0 Å². The van der Waals surface area contributed by atoms with E-state index in [2.05, 4.69) is 4.18 Å². The standard InChI is InChI=1S/C5H11ClO5S2/c1-12(7,8)5-13(9,10)11-4-2-3-6/h2-5H2,1H3. The van der Waals surface area contributed by atoms with Gasteiger partial charge < -0.3 is 0 Å². The zero-order chi connectivity index (χ0) is 10.5. The van der Waals surface area contributed by atoms with Crippen LogP contribution in [0.2, 0.25) is 0 Å². The minimum absolute atomic E-state index is 0.0820. The van der Waals surface area contributed by atoms with Crippen molar-refractivity contribution in [3.05, 3.63) is 0 Å². The molecule has 0 aliphatic rings. The highest BCUT2D eigenvalue weighted by molar-refractivity contribution is 8.05. The van der Waals surface area contributed by atoms with Crippen LogP contribution in [0.5, 0.6) is 0 Å². The van der Waals surface area contributed by atoms with Crippen molar-refractivity contribution >= 4 is 31.6 Å². The Labute approximate surface area is 83.1 Å². The largest absolute Gasteiger partial charge is 0.281 e. The van der Waals surface area contributed by atoms with Crippen molar-refractivity contribution in [1.29, 1.82) is 0 Å². The normalized spacial score (nSPS) is 13.1. The second-order valence-corrected chi connectivity index (χ2v) is 6.99. The summed E-state index contributed by atoms with van der Waals surface area (Å²) < 4.78 is 47.3. The summed E-state index contributed by atoms with van der Waals surface area (Å²) >= 11 is 5.27. The lowest BCUT2D eigenvalue weighted by Crippen LogP contribution is -2.18. The number of alkyl halides is 1. The Morgan fingerprint density at radius 2 is 1.77 bits per heavy atom. The Morgan fingerprint density at radius 3 is 2.15 bits per heavy atom. The van der Waals surface area contributed by atoms with Gasteiger partial charge in [0.05, 0.1) is 6.61 Å². The van der Waals surface area contributed by atoms with E-state index in [-0.39, 0.29) is 12.5 Å². The molecule has 0 unspecified atom stereocenters. The van der Waals surface area contributed by atoms with Gasteiger partial charge in [0.25, 0.3) is 10.1 Å². The summed E-state index contributed by atoms with van der Waals surface area (Å²) in [6.07, 6.45) is 1.19. The van der Waals surface area contributed by atoms with Crippen molar-refractivity contribution < 1.29 is 21.0 Å². The minimum atomic E-state index is -3.96. The van der Waals surface area contributed by atoms with Gasteiger partial charge in [0.15, 0.2) is 14.9 Å². The summed E-state index contributed by atoms with van der Waals surface area (Å²) in [7, 11) is -7.52. The topological polar surface area (TPSA) is 77.5 Å². The Balaban J connectivity index is 4.12. The third-order valence-electron chi connectivity index (χ3n) is 0.899. The summed E-state index contributed by atoms with van der Waals surface area (Å²) in [6.45, 7) is -0.0820. The predicted molar refractivity (Wildman–Crippen MR) is 49.9 cm³/mol. The molecule has 0 aromatic heterocycles. The molecule has 0 aromatic carbocycles. The monoisotopic (exact) mass is 250 g/mol. The first-order chi connectivity index (χ1) is 5.77. The third kappa shape index (κ3) is 8.48. The molecule has 0 heterocycles. The van der Waals surface area contributed by atoms with Crippen LogP contribution in [0, 0.1) is 0 Å². The van der Waals surface area contributed by atoms with Crippen molar-refractivity contribution in [3.8, 4) is 0 Å².